The monoisotopic (exact) mass is 467 g/mol. The van der Waals surface area contributed by atoms with Gasteiger partial charge in [0.05, 0.1) is 6.61 Å². The predicted molar refractivity (Wildman–Crippen MR) is 134 cm³/mol. The third-order valence-electron chi connectivity index (χ3n) is 5.29. The lowest BCUT2D eigenvalue weighted by Gasteiger charge is -2.20. The van der Waals surface area contributed by atoms with E-state index in [0.717, 1.165) is 25.7 Å². The van der Waals surface area contributed by atoms with Gasteiger partial charge in [0.1, 0.15) is 5.60 Å². The lowest BCUT2D eigenvalue weighted by atomic mass is 10.0. The van der Waals surface area contributed by atoms with Gasteiger partial charge in [-0.15, -0.1) is 0 Å². The normalized spacial score (nSPS) is 11.2. The van der Waals surface area contributed by atoms with Gasteiger partial charge in [-0.25, -0.2) is 4.79 Å². The molecule has 0 unspecified atom stereocenters. The highest BCUT2D eigenvalue weighted by molar-refractivity contribution is 5.88. The molecule has 0 heterocycles. The number of esters is 2. The van der Waals surface area contributed by atoms with Crippen LogP contribution in [0.3, 0.4) is 0 Å². The Hall–Kier alpha value is -1.85. The lowest BCUT2D eigenvalue weighted by molar-refractivity contribution is -0.150. The molecule has 0 radical (unpaired) electrons. The number of carbonyl (C=O) groups excluding carboxylic acids is 3. The van der Waals surface area contributed by atoms with Crippen LogP contribution < -0.4 is 5.32 Å². The Morgan fingerprint density at radius 2 is 1.18 bits per heavy atom. The highest BCUT2D eigenvalue weighted by Crippen LogP contribution is 2.14. The third kappa shape index (κ3) is 23.1. The van der Waals surface area contributed by atoms with E-state index in [0.29, 0.717) is 31.6 Å². The van der Waals surface area contributed by atoms with Gasteiger partial charge in [0, 0.05) is 25.5 Å². The Labute approximate surface area is 202 Å². The largest absolute Gasteiger partial charge is 0.466 e. The molecule has 0 saturated heterocycles. The summed E-state index contributed by atoms with van der Waals surface area (Å²) in [4.78, 5) is 34.4. The molecular weight excluding hydrogens is 418 g/mol. The number of hydrogen-bond donors (Lipinski definition) is 1. The average Bonchev–Trinajstić information content (AvgIpc) is 2.71. The highest BCUT2D eigenvalue weighted by atomic mass is 16.6. The third-order valence-corrected chi connectivity index (χ3v) is 5.29. The number of amides is 1. The zero-order chi connectivity index (χ0) is 25.0. The minimum absolute atomic E-state index is 0.0402. The topological polar surface area (TPSA) is 81.7 Å². The number of rotatable bonds is 20. The molecule has 0 atom stereocenters. The molecule has 33 heavy (non-hydrogen) atoms. The zero-order valence-electron chi connectivity index (χ0n) is 21.8. The second-order valence-electron chi connectivity index (χ2n) is 9.89. The van der Waals surface area contributed by atoms with E-state index in [1.165, 1.54) is 64.7 Å². The first kappa shape index (κ1) is 31.1. The van der Waals surface area contributed by atoms with E-state index in [1.54, 1.807) is 0 Å². The van der Waals surface area contributed by atoms with Crippen molar-refractivity contribution in [3.63, 3.8) is 0 Å². The van der Waals surface area contributed by atoms with Crippen LogP contribution in [0.2, 0.25) is 0 Å². The van der Waals surface area contributed by atoms with Crippen LogP contribution in [-0.2, 0) is 23.9 Å². The predicted octanol–water partition coefficient (Wildman–Crippen LogP) is 6.42. The first-order valence-electron chi connectivity index (χ1n) is 12.9. The summed E-state index contributed by atoms with van der Waals surface area (Å²) in [5.41, 5.74) is -0.139. The molecule has 0 aliphatic heterocycles. The molecule has 0 fully saturated rings. The van der Waals surface area contributed by atoms with Gasteiger partial charge in [0.2, 0.25) is 5.91 Å². The highest BCUT2D eigenvalue weighted by Gasteiger charge is 2.18. The van der Waals surface area contributed by atoms with Crippen molar-refractivity contribution in [2.75, 3.05) is 13.2 Å². The van der Waals surface area contributed by atoms with E-state index < -0.39 is 11.6 Å². The average molecular weight is 468 g/mol. The molecule has 0 aliphatic carbocycles. The van der Waals surface area contributed by atoms with Crippen molar-refractivity contribution in [3.05, 3.63) is 12.2 Å². The van der Waals surface area contributed by atoms with Crippen LogP contribution in [0.1, 0.15) is 124 Å². The molecule has 1 N–H and O–H groups in total. The number of carbonyl (C=O) groups is 3. The maximum absolute atomic E-state index is 11.9. The van der Waals surface area contributed by atoms with E-state index in [-0.39, 0.29) is 11.9 Å². The van der Waals surface area contributed by atoms with Crippen LogP contribution >= 0.6 is 0 Å². The van der Waals surface area contributed by atoms with E-state index in [4.69, 9.17) is 9.47 Å². The molecule has 0 bridgehead atoms. The Morgan fingerprint density at radius 3 is 1.64 bits per heavy atom. The zero-order valence-corrected chi connectivity index (χ0v) is 21.8. The molecule has 192 valence electrons. The van der Waals surface area contributed by atoms with E-state index >= 15 is 0 Å². The van der Waals surface area contributed by atoms with Crippen molar-refractivity contribution in [1.29, 1.82) is 0 Å². The number of nitrogens with one attached hydrogen (secondary N) is 1. The standard InChI is InChI=1S/C27H49NO5/c1-23(26(31)33-27(3,4)5)20-21-28-25(30)19-17-15-13-11-9-7-6-8-10-12-14-16-18-22-32-24(2)29/h1,6-22H2,2-5H3,(H,28,30). The quantitative estimate of drug-likeness (QED) is 0.127. The second kappa shape index (κ2) is 19.6. The summed E-state index contributed by atoms with van der Waals surface area (Å²) >= 11 is 0. The number of ether oxygens (including phenoxy) is 2. The van der Waals surface area contributed by atoms with Gasteiger partial charge in [-0.1, -0.05) is 77.2 Å². The fraction of sp³-hybridized carbons (Fsp3) is 0.815. The molecule has 0 spiro atoms. The lowest BCUT2D eigenvalue weighted by Crippen LogP contribution is -2.27. The Kier molecular flexibility index (Phi) is 18.5. The van der Waals surface area contributed by atoms with Crippen LogP contribution in [0, 0.1) is 0 Å². The van der Waals surface area contributed by atoms with Crippen LogP contribution in [0.15, 0.2) is 12.2 Å². The molecule has 0 aromatic rings. The molecule has 0 aromatic heterocycles. The van der Waals surface area contributed by atoms with Gasteiger partial charge in [-0.2, -0.15) is 0 Å². The summed E-state index contributed by atoms with van der Waals surface area (Å²) in [5, 5.41) is 2.86. The van der Waals surface area contributed by atoms with Crippen molar-refractivity contribution in [2.24, 2.45) is 0 Å². The molecule has 6 nitrogen and oxygen atoms in total. The van der Waals surface area contributed by atoms with E-state index in [1.807, 2.05) is 20.8 Å². The van der Waals surface area contributed by atoms with Crippen molar-refractivity contribution >= 4 is 17.8 Å². The van der Waals surface area contributed by atoms with Gasteiger partial charge in [0.25, 0.3) is 0 Å². The van der Waals surface area contributed by atoms with Crippen molar-refractivity contribution in [1.82, 2.24) is 5.32 Å². The van der Waals surface area contributed by atoms with Crippen LogP contribution in [-0.4, -0.2) is 36.6 Å². The second-order valence-corrected chi connectivity index (χ2v) is 9.89. The van der Waals surface area contributed by atoms with E-state index in [9.17, 15) is 14.4 Å². The van der Waals surface area contributed by atoms with Crippen molar-refractivity contribution in [3.8, 4) is 0 Å². The van der Waals surface area contributed by atoms with Crippen LogP contribution in [0.25, 0.3) is 0 Å². The Morgan fingerprint density at radius 1 is 0.727 bits per heavy atom. The molecule has 6 heteroatoms. The summed E-state index contributed by atoms with van der Waals surface area (Å²) < 4.78 is 10.2. The summed E-state index contributed by atoms with van der Waals surface area (Å²) in [6.07, 6.45) is 16.5. The van der Waals surface area contributed by atoms with E-state index in [2.05, 4.69) is 11.9 Å². The smallest absolute Gasteiger partial charge is 0.333 e. The minimum Gasteiger partial charge on any atom is -0.466 e. The van der Waals surface area contributed by atoms with Gasteiger partial charge in [0.15, 0.2) is 0 Å². The maximum atomic E-state index is 11.9. The van der Waals surface area contributed by atoms with Gasteiger partial charge < -0.3 is 14.8 Å². The molecule has 1 amide bonds. The van der Waals surface area contributed by atoms with Crippen molar-refractivity contribution in [2.45, 2.75) is 130 Å². The Bertz CT molecular complexity index is 565. The summed E-state index contributed by atoms with van der Waals surface area (Å²) in [6.45, 7) is 11.6. The van der Waals surface area contributed by atoms with Crippen LogP contribution in [0.4, 0.5) is 0 Å². The first-order valence-corrected chi connectivity index (χ1v) is 12.9. The number of unbranched alkanes of at least 4 members (excludes halogenated alkanes) is 12. The van der Waals surface area contributed by atoms with Crippen molar-refractivity contribution < 1.29 is 23.9 Å². The molecule has 0 aliphatic rings. The maximum Gasteiger partial charge on any atom is 0.333 e. The fourth-order valence-electron chi connectivity index (χ4n) is 3.44. The first-order chi connectivity index (χ1) is 15.6. The SMILES string of the molecule is C=C(CCNC(=O)CCCCCCCCCCCCCCCOC(C)=O)C(=O)OC(C)(C)C. The number of hydrogen-bond acceptors (Lipinski definition) is 5. The molecular formula is C27H49NO5. The molecule has 0 saturated carbocycles. The van der Waals surface area contributed by atoms with Crippen LogP contribution in [0.5, 0.6) is 0 Å². The summed E-state index contributed by atoms with van der Waals surface area (Å²) in [7, 11) is 0. The fourth-order valence-corrected chi connectivity index (χ4v) is 3.44. The van der Waals surface area contributed by atoms with Gasteiger partial charge in [-0.3, -0.25) is 9.59 Å². The Balaban J connectivity index is 3.38. The molecule has 0 aromatic carbocycles. The minimum atomic E-state index is -0.530. The van der Waals surface area contributed by atoms with Gasteiger partial charge in [-0.05, 0) is 40.0 Å². The summed E-state index contributed by atoms with van der Waals surface area (Å²) in [5.74, 6) is -0.542. The van der Waals surface area contributed by atoms with Gasteiger partial charge >= 0.3 is 11.9 Å². The molecule has 0 rings (SSSR count). The summed E-state index contributed by atoms with van der Waals surface area (Å²) in [6, 6.07) is 0.